The lowest BCUT2D eigenvalue weighted by Crippen LogP contribution is -2.52. The third-order valence-electron chi connectivity index (χ3n) is 10.5. The molecule has 6 heteroatoms. The highest BCUT2D eigenvalue weighted by Crippen LogP contribution is 2.16. The van der Waals surface area contributed by atoms with Gasteiger partial charge in [-0.05, 0) is 25.7 Å². The summed E-state index contributed by atoms with van der Waals surface area (Å²) in [5.74, 6) is -0.597. The molecular formula is C44H87NO5. The Balaban J connectivity index is 3.75. The summed E-state index contributed by atoms with van der Waals surface area (Å²) in [6.07, 6.45) is 42.5. The Morgan fingerprint density at radius 1 is 0.500 bits per heavy atom. The Labute approximate surface area is 311 Å². The van der Waals surface area contributed by atoms with Crippen LogP contribution in [0.25, 0.3) is 0 Å². The van der Waals surface area contributed by atoms with Gasteiger partial charge in [-0.1, -0.05) is 219 Å². The smallest absolute Gasteiger partial charge is 0.249 e. The molecule has 0 bridgehead atoms. The standard InChI is InChI=1S/C44H87NO5/c1-3-5-7-9-11-13-15-17-19-21-22-24-26-28-30-32-34-36-38-42(48)44(50)45-40(39-46)43(49)41(47)37-35-33-31-29-27-25-23-20-18-16-14-12-10-8-6-4-2/h33,35,40-43,46-49H,3-32,34,36-39H2,1-2H3,(H,45,50)/b35-33-/t40-,41+,42+,43-/m0/s1. The molecular weight excluding hydrogens is 622 g/mol. The third kappa shape index (κ3) is 32.9. The number of hydrogen-bond acceptors (Lipinski definition) is 5. The lowest BCUT2D eigenvalue weighted by molar-refractivity contribution is -0.132. The molecule has 1 amide bonds. The number of hydrogen-bond donors (Lipinski definition) is 5. The largest absolute Gasteiger partial charge is 0.394 e. The first-order valence-electron chi connectivity index (χ1n) is 22.1. The lowest BCUT2D eigenvalue weighted by Gasteiger charge is -2.26. The molecule has 0 aliphatic rings. The molecule has 0 radical (unpaired) electrons. The fourth-order valence-electron chi connectivity index (χ4n) is 6.93. The molecule has 0 aromatic rings. The monoisotopic (exact) mass is 710 g/mol. The van der Waals surface area contributed by atoms with E-state index in [1.54, 1.807) is 0 Å². The molecule has 0 unspecified atom stereocenters. The minimum Gasteiger partial charge on any atom is -0.394 e. The quantitative estimate of drug-likeness (QED) is 0.0321. The number of aliphatic hydroxyl groups is 4. The normalized spacial score (nSPS) is 14.3. The number of allylic oxidation sites excluding steroid dienone is 1. The summed E-state index contributed by atoms with van der Waals surface area (Å²) < 4.78 is 0. The van der Waals surface area contributed by atoms with Gasteiger partial charge in [0.25, 0.3) is 0 Å². The molecule has 0 heterocycles. The molecule has 0 fully saturated rings. The van der Waals surface area contributed by atoms with Crippen LogP contribution in [-0.4, -0.2) is 57.3 Å². The zero-order valence-corrected chi connectivity index (χ0v) is 33.4. The van der Waals surface area contributed by atoms with E-state index in [9.17, 15) is 25.2 Å². The topological polar surface area (TPSA) is 110 Å². The summed E-state index contributed by atoms with van der Waals surface area (Å²) in [6, 6.07) is -1.01. The molecule has 4 atom stereocenters. The second-order valence-corrected chi connectivity index (χ2v) is 15.4. The Morgan fingerprint density at radius 2 is 0.840 bits per heavy atom. The molecule has 0 spiro atoms. The van der Waals surface area contributed by atoms with Gasteiger partial charge in [-0.2, -0.15) is 0 Å². The van der Waals surface area contributed by atoms with E-state index in [2.05, 4.69) is 19.2 Å². The lowest BCUT2D eigenvalue weighted by atomic mass is 10.0. The first-order chi connectivity index (χ1) is 24.5. The number of carbonyl (C=O) groups excluding carboxylic acids is 1. The minimum absolute atomic E-state index is 0.258. The van der Waals surface area contributed by atoms with E-state index in [0.29, 0.717) is 6.42 Å². The number of unbranched alkanes of at least 4 members (excludes halogenated alkanes) is 30. The van der Waals surface area contributed by atoms with Crippen molar-refractivity contribution in [2.24, 2.45) is 0 Å². The molecule has 0 saturated carbocycles. The SMILES string of the molecule is CCCCCCCCCCCCCCC/C=C\C[C@@H](O)[C@@H](O)[C@H](CO)NC(=O)[C@H](O)CCCCCCCCCCCCCCCCCCCC. The molecule has 0 rings (SSSR count). The Morgan fingerprint density at radius 3 is 1.20 bits per heavy atom. The highest BCUT2D eigenvalue weighted by molar-refractivity contribution is 5.80. The summed E-state index contributed by atoms with van der Waals surface area (Å²) >= 11 is 0. The maximum absolute atomic E-state index is 12.5. The van der Waals surface area contributed by atoms with Crippen molar-refractivity contribution in [1.29, 1.82) is 0 Å². The van der Waals surface area contributed by atoms with Crippen LogP contribution < -0.4 is 5.32 Å². The van der Waals surface area contributed by atoms with E-state index in [1.807, 2.05) is 12.2 Å². The van der Waals surface area contributed by atoms with Crippen LogP contribution in [0, 0.1) is 0 Å². The number of rotatable bonds is 40. The van der Waals surface area contributed by atoms with Crippen LogP contribution in [0.1, 0.15) is 232 Å². The molecule has 5 N–H and O–H groups in total. The summed E-state index contributed by atoms with van der Waals surface area (Å²) in [4.78, 5) is 12.5. The van der Waals surface area contributed by atoms with Crippen molar-refractivity contribution in [3.05, 3.63) is 12.2 Å². The first-order valence-corrected chi connectivity index (χ1v) is 22.1. The summed E-state index contributed by atoms with van der Waals surface area (Å²) in [6.45, 7) is 4.04. The zero-order chi connectivity index (χ0) is 36.8. The van der Waals surface area contributed by atoms with Gasteiger partial charge in [0.05, 0.1) is 18.8 Å². The van der Waals surface area contributed by atoms with Crippen LogP contribution in [0.15, 0.2) is 12.2 Å². The highest BCUT2D eigenvalue weighted by atomic mass is 16.3. The molecule has 298 valence electrons. The summed E-state index contributed by atoms with van der Waals surface area (Å²) in [7, 11) is 0. The Bertz CT molecular complexity index is 717. The van der Waals surface area contributed by atoms with Crippen LogP contribution in [-0.2, 0) is 4.79 Å². The van der Waals surface area contributed by atoms with Crippen molar-refractivity contribution in [3.63, 3.8) is 0 Å². The third-order valence-corrected chi connectivity index (χ3v) is 10.5. The fraction of sp³-hybridized carbons (Fsp3) is 0.932. The maximum atomic E-state index is 12.5. The average molecular weight is 710 g/mol. The first kappa shape index (κ1) is 49.0. The van der Waals surface area contributed by atoms with Crippen molar-refractivity contribution < 1.29 is 25.2 Å². The van der Waals surface area contributed by atoms with Crippen molar-refractivity contribution >= 4 is 5.91 Å². The number of aliphatic hydroxyl groups excluding tert-OH is 4. The highest BCUT2D eigenvalue weighted by Gasteiger charge is 2.28. The minimum atomic E-state index is -1.30. The number of amides is 1. The van der Waals surface area contributed by atoms with Crippen molar-refractivity contribution in [2.75, 3.05) is 6.61 Å². The Hall–Kier alpha value is -0.950. The predicted molar refractivity (Wildman–Crippen MR) is 215 cm³/mol. The zero-order valence-electron chi connectivity index (χ0n) is 33.4. The van der Waals surface area contributed by atoms with E-state index in [1.165, 1.54) is 173 Å². The number of nitrogens with one attached hydrogen (secondary N) is 1. The second kappa shape index (κ2) is 39.3. The van der Waals surface area contributed by atoms with Gasteiger partial charge >= 0.3 is 0 Å². The van der Waals surface area contributed by atoms with Crippen LogP contribution in [0.5, 0.6) is 0 Å². The molecule has 0 aromatic heterocycles. The van der Waals surface area contributed by atoms with E-state index in [4.69, 9.17) is 0 Å². The van der Waals surface area contributed by atoms with Gasteiger partial charge in [-0.3, -0.25) is 4.79 Å². The van der Waals surface area contributed by atoms with E-state index >= 15 is 0 Å². The van der Waals surface area contributed by atoms with Crippen molar-refractivity contribution in [2.45, 2.75) is 257 Å². The van der Waals surface area contributed by atoms with Gasteiger partial charge in [0, 0.05) is 0 Å². The molecule has 0 aliphatic heterocycles. The van der Waals surface area contributed by atoms with Crippen LogP contribution in [0.3, 0.4) is 0 Å². The van der Waals surface area contributed by atoms with Crippen LogP contribution in [0.2, 0.25) is 0 Å². The van der Waals surface area contributed by atoms with E-state index < -0.39 is 36.9 Å². The van der Waals surface area contributed by atoms with Gasteiger partial charge in [0.1, 0.15) is 12.2 Å². The second-order valence-electron chi connectivity index (χ2n) is 15.4. The number of carbonyl (C=O) groups is 1. The van der Waals surface area contributed by atoms with Gasteiger partial charge < -0.3 is 25.7 Å². The van der Waals surface area contributed by atoms with Gasteiger partial charge in [0.15, 0.2) is 0 Å². The van der Waals surface area contributed by atoms with Crippen LogP contribution >= 0.6 is 0 Å². The van der Waals surface area contributed by atoms with Crippen molar-refractivity contribution in [1.82, 2.24) is 5.32 Å². The molecule has 0 aromatic carbocycles. The van der Waals surface area contributed by atoms with Gasteiger partial charge in [0.2, 0.25) is 5.91 Å². The fourth-order valence-corrected chi connectivity index (χ4v) is 6.93. The molecule has 6 nitrogen and oxygen atoms in total. The molecule has 50 heavy (non-hydrogen) atoms. The van der Waals surface area contributed by atoms with E-state index in [0.717, 1.165) is 32.1 Å². The maximum Gasteiger partial charge on any atom is 0.249 e. The van der Waals surface area contributed by atoms with E-state index in [-0.39, 0.29) is 6.42 Å². The summed E-state index contributed by atoms with van der Waals surface area (Å²) in [5, 5.41) is 43.6. The van der Waals surface area contributed by atoms with Gasteiger partial charge in [-0.25, -0.2) is 0 Å². The predicted octanol–water partition coefficient (Wildman–Crippen LogP) is 11.4. The van der Waals surface area contributed by atoms with Gasteiger partial charge in [-0.15, -0.1) is 0 Å². The average Bonchev–Trinajstić information content (AvgIpc) is 3.12. The van der Waals surface area contributed by atoms with Crippen LogP contribution in [0.4, 0.5) is 0 Å². The molecule has 0 aliphatic carbocycles. The van der Waals surface area contributed by atoms with Crippen molar-refractivity contribution in [3.8, 4) is 0 Å². The Kier molecular flexibility index (Phi) is 38.5. The molecule has 0 saturated heterocycles. The summed E-state index contributed by atoms with van der Waals surface area (Å²) in [5.41, 5.74) is 0.